The van der Waals surface area contributed by atoms with Crippen molar-refractivity contribution in [1.82, 2.24) is 4.31 Å². The summed E-state index contributed by atoms with van der Waals surface area (Å²) < 4.78 is 23.8. The van der Waals surface area contributed by atoms with Crippen LogP contribution in [0.3, 0.4) is 0 Å². The summed E-state index contributed by atoms with van der Waals surface area (Å²) in [6, 6.07) is 0. The van der Waals surface area contributed by atoms with Crippen molar-refractivity contribution in [2.24, 2.45) is 11.8 Å². The van der Waals surface area contributed by atoms with Gasteiger partial charge in [-0.25, -0.2) is 12.7 Å². The molecule has 0 spiro atoms. The Labute approximate surface area is 78.0 Å². The summed E-state index contributed by atoms with van der Waals surface area (Å²) in [4.78, 5) is 11.6. The predicted octanol–water partition coefficient (Wildman–Crippen LogP) is 0.205. The SMILES string of the molecule is C[C@H]1C[C@@H]1C(=O)N1CCCS1(=O)=O. The highest BCUT2D eigenvalue weighted by atomic mass is 32.2. The fraction of sp³-hybridized carbons (Fsp3) is 0.875. The first-order chi connectivity index (χ1) is 6.02. The normalized spacial score (nSPS) is 36.2. The molecule has 74 valence electrons. The highest BCUT2D eigenvalue weighted by Crippen LogP contribution is 2.40. The van der Waals surface area contributed by atoms with Gasteiger partial charge in [0.25, 0.3) is 0 Å². The average molecular weight is 203 g/mol. The second-order valence-corrected chi connectivity index (χ2v) is 5.91. The van der Waals surface area contributed by atoms with Crippen molar-refractivity contribution in [3.8, 4) is 0 Å². The van der Waals surface area contributed by atoms with Gasteiger partial charge in [-0.05, 0) is 18.8 Å². The molecule has 2 atom stereocenters. The smallest absolute Gasteiger partial charge is 0.239 e. The van der Waals surface area contributed by atoms with E-state index < -0.39 is 10.0 Å². The van der Waals surface area contributed by atoms with E-state index in [2.05, 4.69) is 0 Å². The lowest BCUT2D eigenvalue weighted by Gasteiger charge is -2.13. The zero-order valence-corrected chi connectivity index (χ0v) is 8.38. The molecule has 1 aliphatic carbocycles. The summed E-state index contributed by atoms with van der Waals surface area (Å²) >= 11 is 0. The fourth-order valence-electron chi connectivity index (χ4n) is 1.74. The maximum Gasteiger partial charge on any atom is 0.239 e. The second kappa shape index (κ2) is 2.70. The van der Waals surface area contributed by atoms with Crippen LogP contribution in [0, 0.1) is 11.8 Å². The Kier molecular flexibility index (Phi) is 1.87. The first-order valence-corrected chi connectivity index (χ1v) is 6.17. The van der Waals surface area contributed by atoms with E-state index in [0.29, 0.717) is 18.9 Å². The van der Waals surface area contributed by atoms with Crippen molar-refractivity contribution in [3.05, 3.63) is 0 Å². The Morgan fingerprint density at radius 1 is 1.46 bits per heavy atom. The molecule has 2 aliphatic rings. The second-order valence-electron chi connectivity index (χ2n) is 3.90. The third kappa shape index (κ3) is 1.45. The van der Waals surface area contributed by atoms with Crippen molar-refractivity contribution in [2.75, 3.05) is 12.3 Å². The molecule has 0 radical (unpaired) electrons. The molecule has 0 bridgehead atoms. The molecule has 0 aromatic rings. The number of carbonyl (C=O) groups is 1. The first-order valence-electron chi connectivity index (χ1n) is 4.56. The largest absolute Gasteiger partial charge is 0.273 e. The maximum atomic E-state index is 11.6. The first kappa shape index (κ1) is 8.99. The van der Waals surface area contributed by atoms with Crippen LogP contribution in [0.15, 0.2) is 0 Å². The van der Waals surface area contributed by atoms with Crippen molar-refractivity contribution in [2.45, 2.75) is 19.8 Å². The quantitative estimate of drug-likeness (QED) is 0.612. The summed E-state index contributed by atoms with van der Waals surface area (Å²) in [7, 11) is -3.23. The van der Waals surface area contributed by atoms with Crippen LogP contribution in [-0.2, 0) is 14.8 Å². The predicted molar refractivity (Wildman–Crippen MR) is 47.4 cm³/mol. The minimum absolute atomic E-state index is 0.0205. The van der Waals surface area contributed by atoms with Crippen LogP contribution in [-0.4, -0.2) is 30.9 Å². The number of sulfonamides is 1. The van der Waals surface area contributed by atoms with Crippen LogP contribution in [0.4, 0.5) is 0 Å². The molecule has 5 heteroatoms. The molecule has 1 saturated heterocycles. The molecule has 0 aromatic heterocycles. The van der Waals surface area contributed by atoms with Crippen molar-refractivity contribution >= 4 is 15.9 Å². The van der Waals surface area contributed by atoms with Gasteiger partial charge >= 0.3 is 0 Å². The molecule has 1 heterocycles. The molecule has 0 unspecified atom stereocenters. The van der Waals surface area contributed by atoms with Gasteiger partial charge < -0.3 is 0 Å². The van der Waals surface area contributed by atoms with E-state index in [0.717, 1.165) is 10.7 Å². The van der Waals surface area contributed by atoms with Crippen LogP contribution in [0.2, 0.25) is 0 Å². The van der Waals surface area contributed by atoms with Gasteiger partial charge in [-0.2, -0.15) is 0 Å². The van der Waals surface area contributed by atoms with Gasteiger partial charge in [-0.1, -0.05) is 6.92 Å². The molecular weight excluding hydrogens is 190 g/mol. The molecular formula is C8H13NO3S. The van der Waals surface area contributed by atoms with Crippen LogP contribution >= 0.6 is 0 Å². The Balaban J connectivity index is 2.13. The van der Waals surface area contributed by atoms with Gasteiger partial charge in [-0.15, -0.1) is 0 Å². The topological polar surface area (TPSA) is 54.5 Å². The van der Waals surface area contributed by atoms with Gasteiger partial charge in [0.15, 0.2) is 0 Å². The highest BCUT2D eigenvalue weighted by molar-refractivity contribution is 7.89. The number of nitrogens with zero attached hydrogens (tertiary/aromatic N) is 1. The van der Waals surface area contributed by atoms with Gasteiger partial charge in [0, 0.05) is 12.5 Å². The van der Waals surface area contributed by atoms with Gasteiger partial charge in [0.1, 0.15) is 0 Å². The number of amides is 1. The average Bonchev–Trinajstić information content (AvgIpc) is 2.64. The highest BCUT2D eigenvalue weighted by Gasteiger charge is 2.45. The molecule has 0 aromatic carbocycles. The Morgan fingerprint density at radius 2 is 2.08 bits per heavy atom. The lowest BCUT2D eigenvalue weighted by molar-refractivity contribution is -0.127. The number of hydrogen-bond acceptors (Lipinski definition) is 3. The molecule has 0 N–H and O–H groups in total. The summed E-state index contributed by atoms with van der Waals surface area (Å²) in [5.74, 6) is 0.320. The van der Waals surface area contributed by atoms with Gasteiger partial charge in [0.2, 0.25) is 15.9 Å². The standard InChI is InChI=1S/C8H13NO3S/c1-6-5-7(6)8(10)9-3-2-4-13(9,11)12/h6-7H,2-5H2,1H3/t6-,7-/m0/s1. The van der Waals surface area contributed by atoms with Gasteiger partial charge in [-0.3, -0.25) is 4.79 Å². The Hall–Kier alpha value is -0.580. The van der Waals surface area contributed by atoms with E-state index in [1.54, 1.807) is 0 Å². The summed E-state index contributed by atoms with van der Waals surface area (Å²) in [5, 5.41) is 0. The Bertz CT molecular complexity index is 335. The van der Waals surface area contributed by atoms with E-state index in [1.807, 2.05) is 6.92 Å². The summed E-state index contributed by atoms with van der Waals surface area (Å²) in [5.41, 5.74) is 0. The van der Waals surface area contributed by atoms with E-state index in [1.165, 1.54) is 0 Å². The molecule has 2 rings (SSSR count). The van der Waals surface area contributed by atoms with Crippen molar-refractivity contribution < 1.29 is 13.2 Å². The lowest BCUT2D eigenvalue weighted by atomic mass is 10.3. The van der Waals surface area contributed by atoms with Crippen molar-refractivity contribution in [3.63, 3.8) is 0 Å². The maximum absolute atomic E-state index is 11.6. The fourth-order valence-corrected chi connectivity index (χ4v) is 3.27. The zero-order valence-electron chi connectivity index (χ0n) is 7.56. The molecule has 1 saturated carbocycles. The number of rotatable bonds is 1. The molecule has 1 aliphatic heterocycles. The molecule has 2 fully saturated rings. The van der Waals surface area contributed by atoms with Crippen LogP contribution in [0.1, 0.15) is 19.8 Å². The molecule has 13 heavy (non-hydrogen) atoms. The van der Waals surface area contributed by atoms with E-state index >= 15 is 0 Å². The number of carbonyl (C=O) groups excluding carboxylic acids is 1. The summed E-state index contributed by atoms with van der Waals surface area (Å²) in [6.07, 6.45) is 1.44. The third-order valence-corrected chi connectivity index (χ3v) is 4.61. The van der Waals surface area contributed by atoms with Crippen molar-refractivity contribution in [1.29, 1.82) is 0 Å². The van der Waals surface area contributed by atoms with E-state index in [9.17, 15) is 13.2 Å². The van der Waals surface area contributed by atoms with E-state index in [4.69, 9.17) is 0 Å². The monoisotopic (exact) mass is 203 g/mol. The summed E-state index contributed by atoms with van der Waals surface area (Å²) in [6.45, 7) is 2.37. The lowest BCUT2D eigenvalue weighted by Crippen LogP contribution is -2.34. The Morgan fingerprint density at radius 3 is 2.46 bits per heavy atom. The third-order valence-electron chi connectivity index (χ3n) is 2.77. The zero-order chi connectivity index (χ0) is 9.64. The minimum atomic E-state index is -3.23. The van der Waals surface area contributed by atoms with Gasteiger partial charge in [0.05, 0.1) is 5.75 Å². The van der Waals surface area contributed by atoms with E-state index in [-0.39, 0.29) is 17.6 Å². The molecule has 4 nitrogen and oxygen atoms in total. The minimum Gasteiger partial charge on any atom is -0.273 e. The van der Waals surface area contributed by atoms with Crippen LogP contribution in [0.25, 0.3) is 0 Å². The van der Waals surface area contributed by atoms with Crippen LogP contribution < -0.4 is 0 Å². The molecule has 1 amide bonds. The van der Waals surface area contributed by atoms with Crippen LogP contribution in [0.5, 0.6) is 0 Å². The number of hydrogen-bond donors (Lipinski definition) is 0.